The van der Waals surface area contributed by atoms with E-state index in [4.69, 9.17) is 11.6 Å². The average molecular weight is 247 g/mol. The van der Waals surface area contributed by atoms with E-state index in [-0.39, 0.29) is 0 Å². The van der Waals surface area contributed by atoms with Crippen molar-refractivity contribution in [1.82, 2.24) is 0 Å². The molecule has 1 unspecified atom stereocenters. The molecular weight excluding hydrogens is 232 g/mol. The van der Waals surface area contributed by atoms with Gasteiger partial charge in [0.15, 0.2) is 0 Å². The molecule has 1 nitrogen and oxygen atoms in total. The maximum absolute atomic E-state index is 10.4. The van der Waals surface area contributed by atoms with Crippen LogP contribution in [0.5, 0.6) is 0 Å². The average Bonchev–Trinajstić information content (AvgIpc) is 2.29. The summed E-state index contributed by atoms with van der Waals surface area (Å²) >= 11 is 6.17. The summed E-state index contributed by atoms with van der Waals surface area (Å²) in [7, 11) is 0. The molecule has 1 atom stereocenters. The molecule has 0 amide bonds. The number of hydrogen-bond donors (Lipinski definition) is 1. The topological polar surface area (TPSA) is 20.2 Å². The van der Waals surface area contributed by atoms with E-state index in [1.54, 1.807) is 0 Å². The predicted octanol–water partition coefficient (Wildman–Crippen LogP) is 4.04. The van der Waals surface area contributed by atoms with Gasteiger partial charge in [0.1, 0.15) is 6.10 Å². The van der Waals surface area contributed by atoms with Crippen molar-refractivity contribution in [2.75, 3.05) is 0 Å². The highest BCUT2D eigenvalue weighted by molar-refractivity contribution is 6.31. The van der Waals surface area contributed by atoms with Gasteiger partial charge in [-0.05, 0) is 36.6 Å². The molecule has 0 fully saturated rings. The highest BCUT2D eigenvalue weighted by atomic mass is 35.5. The molecule has 17 heavy (non-hydrogen) atoms. The summed E-state index contributed by atoms with van der Waals surface area (Å²) in [6.45, 7) is 3.97. The minimum atomic E-state index is -0.663. The molecule has 0 heterocycles. The van der Waals surface area contributed by atoms with Crippen LogP contribution in [0.25, 0.3) is 0 Å². The van der Waals surface area contributed by atoms with Gasteiger partial charge in [0.25, 0.3) is 0 Å². The van der Waals surface area contributed by atoms with Gasteiger partial charge in [-0.15, -0.1) is 0 Å². The molecule has 2 aromatic carbocycles. The van der Waals surface area contributed by atoms with Crippen molar-refractivity contribution >= 4 is 11.6 Å². The van der Waals surface area contributed by atoms with E-state index in [1.165, 1.54) is 0 Å². The lowest BCUT2D eigenvalue weighted by molar-refractivity contribution is 0.219. The molecule has 0 aliphatic carbocycles. The maximum atomic E-state index is 10.4. The van der Waals surface area contributed by atoms with Crippen molar-refractivity contribution in [3.05, 3.63) is 69.7 Å². The molecule has 0 aliphatic heterocycles. The zero-order chi connectivity index (χ0) is 12.4. The Kier molecular flexibility index (Phi) is 3.51. The zero-order valence-corrected chi connectivity index (χ0v) is 10.7. The highest BCUT2D eigenvalue weighted by Gasteiger charge is 2.15. The second kappa shape index (κ2) is 4.91. The quantitative estimate of drug-likeness (QED) is 0.848. The van der Waals surface area contributed by atoms with E-state index in [1.807, 2.05) is 56.3 Å². The summed E-state index contributed by atoms with van der Waals surface area (Å²) in [4.78, 5) is 0. The Balaban J connectivity index is 2.44. The smallest absolute Gasteiger partial charge is 0.106 e. The monoisotopic (exact) mass is 246 g/mol. The second-order valence-corrected chi connectivity index (χ2v) is 4.69. The van der Waals surface area contributed by atoms with Crippen molar-refractivity contribution in [3.63, 3.8) is 0 Å². The standard InChI is InChI=1S/C15H15ClO/c1-10-7-8-13(14(16)9-10)15(17)12-6-4-3-5-11(12)2/h3-9,15,17H,1-2H3. The second-order valence-electron chi connectivity index (χ2n) is 4.28. The number of rotatable bonds is 2. The first-order valence-electron chi connectivity index (χ1n) is 5.59. The Labute approximate surface area is 107 Å². The van der Waals surface area contributed by atoms with Crippen molar-refractivity contribution in [2.45, 2.75) is 20.0 Å². The molecule has 1 N–H and O–H groups in total. The predicted molar refractivity (Wildman–Crippen MR) is 71.4 cm³/mol. The van der Waals surface area contributed by atoms with Crippen LogP contribution in [0, 0.1) is 13.8 Å². The Morgan fingerprint density at radius 1 is 1.00 bits per heavy atom. The molecule has 2 heteroatoms. The van der Waals surface area contributed by atoms with Crippen LogP contribution in [0.4, 0.5) is 0 Å². The van der Waals surface area contributed by atoms with Gasteiger partial charge in [-0.3, -0.25) is 0 Å². The van der Waals surface area contributed by atoms with Gasteiger partial charge in [-0.1, -0.05) is 48.0 Å². The van der Waals surface area contributed by atoms with Crippen molar-refractivity contribution in [3.8, 4) is 0 Å². The highest BCUT2D eigenvalue weighted by Crippen LogP contribution is 2.30. The number of aryl methyl sites for hydroxylation is 2. The molecule has 0 aliphatic rings. The fraction of sp³-hybridized carbons (Fsp3) is 0.200. The van der Waals surface area contributed by atoms with Crippen molar-refractivity contribution in [2.24, 2.45) is 0 Å². The lowest BCUT2D eigenvalue weighted by Gasteiger charge is -2.15. The minimum Gasteiger partial charge on any atom is -0.384 e. The van der Waals surface area contributed by atoms with Crippen LogP contribution < -0.4 is 0 Å². The van der Waals surface area contributed by atoms with E-state index < -0.39 is 6.10 Å². The van der Waals surface area contributed by atoms with Gasteiger partial charge in [-0.2, -0.15) is 0 Å². The van der Waals surface area contributed by atoms with Gasteiger partial charge in [-0.25, -0.2) is 0 Å². The number of aliphatic hydroxyl groups is 1. The van der Waals surface area contributed by atoms with Gasteiger partial charge >= 0.3 is 0 Å². The summed E-state index contributed by atoms with van der Waals surface area (Å²) in [5.74, 6) is 0. The molecular formula is C15H15ClO. The van der Waals surface area contributed by atoms with E-state index in [0.29, 0.717) is 5.02 Å². The largest absolute Gasteiger partial charge is 0.384 e. The number of halogens is 1. The van der Waals surface area contributed by atoms with Crippen LogP contribution in [0.2, 0.25) is 5.02 Å². The van der Waals surface area contributed by atoms with Crippen LogP contribution in [0.1, 0.15) is 28.4 Å². The van der Waals surface area contributed by atoms with E-state index >= 15 is 0 Å². The van der Waals surface area contributed by atoms with Crippen LogP contribution in [-0.4, -0.2) is 5.11 Å². The van der Waals surface area contributed by atoms with Crippen LogP contribution in [0.15, 0.2) is 42.5 Å². The van der Waals surface area contributed by atoms with Gasteiger partial charge < -0.3 is 5.11 Å². The number of hydrogen-bond acceptors (Lipinski definition) is 1. The third-order valence-corrected chi connectivity index (χ3v) is 3.26. The fourth-order valence-electron chi connectivity index (χ4n) is 1.92. The molecule has 0 spiro atoms. The Morgan fingerprint density at radius 3 is 2.35 bits per heavy atom. The lowest BCUT2D eigenvalue weighted by Crippen LogP contribution is -2.02. The lowest BCUT2D eigenvalue weighted by atomic mass is 9.97. The van der Waals surface area contributed by atoms with Gasteiger partial charge in [0, 0.05) is 10.6 Å². The summed E-state index contributed by atoms with van der Waals surface area (Å²) in [5.41, 5.74) is 3.82. The van der Waals surface area contributed by atoms with Crippen LogP contribution >= 0.6 is 11.6 Å². The number of benzene rings is 2. The van der Waals surface area contributed by atoms with Crippen LogP contribution in [-0.2, 0) is 0 Å². The summed E-state index contributed by atoms with van der Waals surface area (Å²) in [6, 6.07) is 13.5. The first kappa shape index (κ1) is 12.2. The van der Waals surface area contributed by atoms with Crippen molar-refractivity contribution < 1.29 is 5.11 Å². The molecule has 2 aromatic rings. The Bertz CT molecular complexity index is 534. The third-order valence-electron chi connectivity index (χ3n) is 2.93. The number of aliphatic hydroxyl groups excluding tert-OH is 1. The maximum Gasteiger partial charge on any atom is 0.106 e. The SMILES string of the molecule is Cc1ccc(C(O)c2ccccc2C)c(Cl)c1. The molecule has 0 radical (unpaired) electrons. The first-order valence-corrected chi connectivity index (χ1v) is 5.97. The molecule has 0 saturated carbocycles. The summed E-state index contributed by atoms with van der Waals surface area (Å²) in [5, 5.41) is 11.0. The van der Waals surface area contributed by atoms with E-state index in [9.17, 15) is 5.11 Å². The van der Waals surface area contributed by atoms with E-state index in [0.717, 1.165) is 22.3 Å². The molecule has 2 rings (SSSR count). The minimum absolute atomic E-state index is 0.612. The van der Waals surface area contributed by atoms with Gasteiger partial charge in [0.2, 0.25) is 0 Å². The molecule has 0 aromatic heterocycles. The summed E-state index contributed by atoms with van der Waals surface area (Å²) < 4.78 is 0. The Hall–Kier alpha value is -1.31. The van der Waals surface area contributed by atoms with Crippen molar-refractivity contribution in [1.29, 1.82) is 0 Å². The van der Waals surface area contributed by atoms with E-state index in [2.05, 4.69) is 0 Å². The first-order chi connectivity index (χ1) is 8.09. The molecule has 0 saturated heterocycles. The molecule has 88 valence electrons. The normalized spacial score (nSPS) is 12.5. The third kappa shape index (κ3) is 2.51. The fourth-order valence-corrected chi connectivity index (χ4v) is 2.25. The summed E-state index contributed by atoms with van der Waals surface area (Å²) in [6.07, 6.45) is -0.663. The zero-order valence-electron chi connectivity index (χ0n) is 9.94. The van der Waals surface area contributed by atoms with Crippen LogP contribution in [0.3, 0.4) is 0 Å². The molecule has 0 bridgehead atoms. The Morgan fingerprint density at radius 2 is 1.71 bits per heavy atom. The van der Waals surface area contributed by atoms with Gasteiger partial charge in [0.05, 0.1) is 0 Å².